The Hall–Kier alpha value is -0.480. The summed E-state index contributed by atoms with van der Waals surface area (Å²) in [6.45, 7) is 2.45. The highest BCUT2D eigenvalue weighted by atomic mass is 79.9. The monoisotopic (exact) mass is 331 g/mol. The van der Waals surface area contributed by atoms with Crippen molar-refractivity contribution in [3.8, 4) is 0 Å². The Morgan fingerprint density at radius 1 is 1.26 bits per heavy atom. The molecule has 1 aromatic carbocycles. The number of nitrogens with one attached hydrogen (secondary N) is 1. The first-order valence-electron chi connectivity index (χ1n) is 6.99. The fourth-order valence-electron chi connectivity index (χ4n) is 2.93. The van der Waals surface area contributed by atoms with Gasteiger partial charge in [0.25, 0.3) is 0 Å². The maximum absolute atomic E-state index is 13.9. The molecule has 1 aliphatic rings. The van der Waals surface area contributed by atoms with E-state index < -0.39 is 11.6 Å². The lowest BCUT2D eigenvalue weighted by Gasteiger charge is -2.31. The topological polar surface area (TPSA) is 12.0 Å². The van der Waals surface area contributed by atoms with Crippen molar-refractivity contribution in [1.82, 2.24) is 5.32 Å². The molecule has 0 saturated heterocycles. The van der Waals surface area contributed by atoms with Crippen LogP contribution in [0.4, 0.5) is 8.78 Å². The molecule has 0 aliphatic heterocycles. The molecule has 0 amide bonds. The molecule has 19 heavy (non-hydrogen) atoms. The minimum Gasteiger partial charge on any atom is -0.309 e. The molecule has 1 aliphatic carbocycles. The van der Waals surface area contributed by atoms with Crippen LogP contribution in [0, 0.1) is 17.6 Å². The molecule has 0 spiro atoms. The van der Waals surface area contributed by atoms with Crippen molar-refractivity contribution in [1.29, 1.82) is 0 Å². The van der Waals surface area contributed by atoms with Gasteiger partial charge in [0.1, 0.15) is 11.6 Å². The summed E-state index contributed by atoms with van der Waals surface area (Å²) in [6.07, 6.45) is 5.93. The summed E-state index contributed by atoms with van der Waals surface area (Å²) in [5, 5.41) is 3.35. The van der Waals surface area contributed by atoms with Crippen LogP contribution in [-0.2, 0) is 6.54 Å². The van der Waals surface area contributed by atoms with Crippen molar-refractivity contribution in [3.05, 3.63) is 33.8 Å². The largest absolute Gasteiger partial charge is 0.309 e. The normalized spacial score (nSPS) is 23.6. The van der Waals surface area contributed by atoms with Gasteiger partial charge in [0.2, 0.25) is 0 Å². The third-order valence-corrected chi connectivity index (χ3v) is 4.73. The second-order valence-electron chi connectivity index (χ2n) is 5.26. The van der Waals surface area contributed by atoms with E-state index in [1.54, 1.807) is 0 Å². The summed E-state index contributed by atoms with van der Waals surface area (Å²) in [6, 6.07) is 3.10. The van der Waals surface area contributed by atoms with Crippen LogP contribution in [0.2, 0.25) is 0 Å². The number of hydrogen-bond donors (Lipinski definition) is 1. The minimum absolute atomic E-state index is 0.134. The second kappa shape index (κ2) is 6.80. The van der Waals surface area contributed by atoms with E-state index in [-0.39, 0.29) is 12.1 Å². The Morgan fingerprint density at radius 2 is 2.00 bits per heavy atom. The van der Waals surface area contributed by atoms with Crippen molar-refractivity contribution in [3.63, 3.8) is 0 Å². The summed E-state index contributed by atoms with van der Waals surface area (Å²) in [5.74, 6) is -0.333. The molecule has 2 rings (SSSR count). The Morgan fingerprint density at radius 3 is 2.74 bits per heavy atom. The van der Waals surface area contributed by atoms with Crippen LogP contribution in [0.25, 0.3) is 0 Å². The first kappa shape index (κ1) is 14.9. The van der Waals surface area contributed by atoms with E-state index in [0.29, 0.717) is 16.4 Å². The highest BCUT2D eigenvalue weighted by molar-refractivity contribution is 9.10. The lowest BCUT2D eigenvalue weighted by Crippen LogP contribution is -2.38. The lowest BCUT2D eigenvalue weighted by atomic mass is 9.83. The predicted octanol–water partition coefficient (Wildman–Crippen LogP) is 4.79. The Labute approximate surface area is 121 Å². The Bertz CT molecular complexity index is 436. The maximum Gasteiger partial charge on any atom is 0.144 e. The van der Waals surface area contributed by atoms with Gasteiger partial charge in [0.05, 0.1) is 4.47 Å². The molecule has 1 N–H and O–H groups in total. The van der Waals surface area contributed by atoms with Gasteiger partial charge in [-0.15, -0.1) is 0 Å². The fourth-order valence-corrected chi connectivity index (χ4v) is 3.30. The summed E-state index contributed by atoms with van der Waals surface area (Å²) < 4.78 is 27.9. The van der Waals surface area contributed by atoms with E-state index in [0.717, 1.165) is 12.8 Å². The Balaban J connectivity index is 2.04. The highest BCUT2D eigenvalue weighted by Crippen LogP contribution is 2.28. The molecule has 0 aromatic heterocycles. The quantitative estimate of drug-likeness (QED) is 0.782. The van der Waals surface area contributed by atoms with E-state index in [1.807, 2.05) is 0 Å². The van der Waals surface area contributed by atoms with Gasteiger partial charge < -0.3 is 5.32 Å². The smallest absolute Gasteiger partial charge is 0.144 e. The third kappa shape index (κ3) is 3.54. The predicted molar refractivity (Wildman–Crippen MR) is 76.9 cm³/mol. The van der Waals surface area contributed by atoms with Crippen LogP contribution in [0.5, 0.6) is 0 Å². The molecular formula is C15H20BrF2N. The summed E-state index contributed by atoms with van der Waals surface area (Å²) in [5.41, 5.74) is 0.134. The SMILES string of the molecule is CCC1CCCCC1NCc1c(F)ccc(Br)c1F. The van der Waals surface area contributed by atoms with Gasteiger partial charge in [-0.2, -0.15) is 0 Å². The number of benzene rings is 1. The number of halogens is 3. The van der Waals surface area contributed by atoms with E-state index in [2.05, 4.69) is 28.2 Å². The second-order valence-corrected chi connectivity index (χ2v) is 6.12. The zero-order valence-corrected chi connectivity index (χ0v) is 12.8. The van der Waals surface area contributed by atoms with Crippen LogP contribution < -0.4 is 5.32 Å². The number of hydrogen-bond acceptors (Lipinski definition) is 1. The summed E-state index contributed by atoms with van der Waals surface area (Å²) in [7, 11) is 0. The summed E-state index contributed by atoms with van der Waals surface area (Å²) >= 11 is 3.10. The van der Waals surface area contributed by atoms with Gasteiger partial charge in [0, 0.05) is 18.2 Å². The molecule has 0 heterocycles. The average Bonchev–Trinajstić information content (AvgIpc) is 2.43. The molecule has 0 radical (unpaired) electrons. The number of rotatable bonds is 4. The van der Waals surface area contributed by atoms with Gasteiger partial charge in [-0.05, 0) is 46.8 Å². The maximum atomic E-state index is 13.9. The van der Waals surface area contributed by atoms with Gasteiger partial charge >= 0.3 is 0 Å². The zero-order valence-electron chi connectivity index (χ0n) is 11.2. The zero-order chi connectivity index (χ0) is 13.8. The van der Waals surface area contributed by atoms with Crippen molar-refractivity contribution in [2.24, 2.45) is 5.92 Å². The molecule has 106 valence electrons. The van der Waals surface area contributed by atoms with Crippen LogP contribution in [0.15, 0.2) is 16.6 Å². The molecule has 1 aromatic rings. The van der Waals surface area contributed by atoms with E-state index >= 15 is 0 Å². The van der Waals surface area contributed by atoms with Crippen molar-refractivity contribution >= 4 is 15.9 Å². The molecule has 1 nitrogen and oxygen atoms in total. The van der Waals surface area contributed by atoms with Crippen molar-refractivity contribution in [2.45, 2.75) is 51.6 Å². The van der Waals surface area contributed by atoms with Gasteiger partial charge in [-0.25, -0.2) is 8.78 Å². The third-order valence-electron chi connectivity index (χ3n) is 4.11. The van der Waals surface area contributed by atoms with Gasteiger partial charge in [-0.3, -0.25) is 0 Å². The van der Waals surface area contributed by atoms with Crippen LogP contribution in [0.1, 0.15) is 44.6 Å². The molecule has 2 unspecified atom stereocenters. The lowest BCUT2D eigenvalue weighted by molar-refractivity contribution is 0.252. The van der Waals surface area contributed by atoms with Crippen LogP contribution in [-0.4, -0.2) is 6.04 Å². The van der Waals surface area contributed by atoms with Crippen molar-refractivity contribution in [2.75, 3.05) is 0 Å². The van der Waals surface area contributed by atoms with Crippen molar-refractivity contribution < 1.29 is 8.78 Å². The highest BCUT2D eigenvalue weighted by Gasteiger charge is 2.24. The fraction of sp³-hybridized carbons (Fsp3) is 0.600. The molecule has 0 bridgehead atoms. The standard InChI is InChI=1S/C15H20BrF2N/c1-2-10-5-3-4-6-14(10)19-9-11-13(17)8-7-12(16)15(11)18/h7-8,10,14,19H,2-6,9H2,1H3. The molecule has 4 heteroatoms. The van der Waals surface area contributed by atoms with E-state index in [4.69, 9.17) is 0 Å². The first-order chi connectivity index (χ1) is 9.13. The molecule has 2 atom stereocenters. The van der Waals surface area contributed by atoms with Crippen LogP contribution >= 0.6 is 15.9 Å². The Kier molecular flexibility index (Phi) is 5.34. The molecule has 1 saturated carbocycles. The first-order valence-corrected chi connectivity index (χ1v) is 7.78. The van der Waals surface area contributed by atoms with Gasteiger partial charge in [0.15, 0.2) is 0 Å². The average molecular weight is 332 g/mol. The molecule has 1 fully saturated rings. The molecular weight excluding hydrogens is 312 g/mol. The van der Waals surface area contributed by atoms with Crippen LogP contribution in [0.3, 0.4) is 0 Å². The summed E-state index contributed by atoms with van der Waals surface area (Å²) in [4.78, 5) is 0. The van der Waals surface area contributed by atoms with E-state index in [1.165, 1.54) is 31.4 Å². The minimum atomic E-state index is -0.489. The van der Waals surface area contributed by atoms with Gasteiger partial charge in [-0.1, -0.05) is 26.2 Å². The van der Waals surface area contributed by atoms with E-state index in [9.17, 15) is 8.78 Å².